The molecule has 1 atom stereocenters. The third-order valence-electron chi connectivity index (χ3n) is 6.53. The highest BCUT2D eigenvalue weighted by Crippen LogP contribution is 2.43. The highest BCUT2D eigenvalue weighted by atomic mass is 16.6. The van der Waals surface area contributed by atoms with E-state index in [2.05, 4.69) is 4.90 Å². The van der Waals surface area contributed by atoms with Crippen molar-refractivity contribution in [2.45, 2.75) is 25.4 Å². The molecule has 4 heterocycles. The van der Waals surface area contributed by atoms with Gasteiger partial charge in [0.25, 0.3) is 5.91 Å². The van der Waals surface area contributed by atoms with Crippen molar-refractivity contribution in [3.8, 4) is 0 Å². The Balaban J connectivity index is 1.21. The number of ether oxygens (including phenoxy) is 2. The Morgan fingerprint density at radius 3 is 2.62 bits per heavy atom. The van der Waals surface area contributed by atoms with Crippen molar-refractivity contribution in [2.24, 2.45) is 5.41 Å². The van der Waals surface area contributed by atoms with E-state index < -0.39 is 5.41 Å². The molecule has 0 bridgehead atoms. The van der Waals surface area contributed by atoms with Crippen LogP contribution in [0.1, 0.15) is 29.8 Å². The second kappa shape index (κ2) is 7.46. The number of rotatable bonds is 3. The van der Waals surface area contributed by atoms with Crippen LogP contribution in [0, 0.1) is 5.41 Å². The number of amides is 1. The summed E-state index contributed by atoms with van der Waals surface area (Å²) >= 11 is 0. The van der Waals surface area contributed by atoms with Gasteiger partial charge < -0.3 is 18.8 Å². The van der Waals surface area contributed by atoms with Crippen LogP contribution in [0.3, 0.4) is 0 Å². The molecule has 3 saturated heterocycles. The fourth-order valence-electron chi connectivity index (χ4n) is 4.80. The number of likely N-dealkylation sites (tertiary alicyclic amines) is 1. The van der Waals surface area contributed by atoms with Crippen molar-refractivity contribution in [3.05, 3.63) is 36.1 Å². The maximum absolute atomic E-state index is 12.9. The van der Waals surface area contributed by atoms with Crippen molar-refractivity contribution < 1.29 is 23.5 Å². The van der Waals surface area contributed by atoms with E-state index in [4.69, 9.17) is 13.9 Å². The summed E-state index contributed by atoms with van der Waals surface area (Å²) in [6.45, 7) is 5.14. The third-order valence-corrected chi connectivity index (χ3v) is 6.53. The first-order chi connectivity index (χ1) is 14.1. The van der Waals surface area contributed by atoms with Gasteiger partial charge in [-0.25, -0.2) is 0 Å². The number of nitrogens with zero attached hydrogens (tertiary/aromatic N) is 2. The van der Waals surface area contributed by atoms with Crippen LogP contribution < -0.4 is 0 Å². The third kappa shape index (κ3) is 3.53. The minimum absolute atomic E-state index is 0.0572. The smallest absolute Gasteiger partial charge is 0.312 e. The molecule has 5 rings (SSSR count). The average Bonchev–Trinajstić information content (AvgIpc) is 3.30. The van der Waals surface area contributed by atoms with Crippen molar-refractivity contribution in [1.29, 1.82) is 0 Å². The molecular weight excluding hydrogens is 372 g/mol. The number of cyclic esters (lactones) is 1. The summed E-state index contributed by atoms with van der Waals surface area (Å²) < 4.78 is 16.8. The molecule has 0 N–H and O–H groups in total. The highest BCUT2D eigenvalue weighted by molar-refractivity contribution is 5.96. The quantitative estimate of drug-likeness (QED) is 0.739. The summed E-state index contributed by atoms with van der Waals surface area (Å²) in [7, 11) is 0. The molecule has 29 heavy (non-hydrogen) atoms. The van der Waals surface area contributed by atoms with E-state index in [0.717, 1.165) is 50.2 Å². The lowest BCUT2D eigenvalue weighted by Crippen LogP contribution is -2.45. The predicted octanol–water partition coefficient (Wildman–Crippen LogP) is 2.30. The van der Waals surface area contributed by atoms with Crippen LogP contribution in [0.2, 0.25) is 0 Å². The topological polar surface area (TPSA) is 72.2 Å². The zero-order valence-electron chi connectivity index (χ0n) is 16.5. The number of carbonyl (C=O) groups excluding carboxylic acids is 2. The molecule has 3 aliphatic rings. The van der Waals surface area contributed by atoms with Gasteiger partial charge in [0.1, 0.15) is 11.7 Å². The standard InChI is InChI=1S/C22H26N2O5/c25-20(19-13-16-3-1-2-4-18(16)29-19)24-7-5-22(6-8-24)14-17(28-21(22)26)15-23-9-11-27-12-10-23/h1-4,13,17H,5-12,14-15H2. The molecule has 1 amide bonds. The molecule has 1 aromatic heterocycles. The number of hydrogen-bond donors (Lipinski definition) is 0. The zero-order valence-corrected chi connectivity index (χ0v) is 16.5. The zero-order chi connectivity index (χ0) is 19.8. The summed E-state index contributed by atoms with van der Waals surface area (Å²) in [5.41, 5.74) is 0.274. The number of carbonyl (C=O) groups is 2. The maximum Gasteiger partial charge on any atom is 0.312 e. The predicted molar refractivity (Wildman–Crippen MR) is 106 cm³/mol. The molecule has 0 aliphatic carbocycles. The first-order valence-electron chi connectivity index (χ1n) is 10.4. The van der Waals surface area contributed by atoms with Crippen LogP contribution in [0.5, 0.6) is 0 Å². The molecular formula is C22H26N2O5. The summed E-state index contributed by atoms with van der Waals surface area (Å²) in [6.07, 6.45) is 1.99. The van der Waals surface area contributed by atoms with E-state index in [1.807, 2.05) is 24.3 Å². The lowest BCUT2D eigenvalue weighted by molar-refractivity contribution is -0.151. The number of morpholine rings is 1. The van der Waals surface area contributed by atoms with E-state index >= 15 is 0 Å². The van der Waals surface area contributed by atoms with E-state index in [1.54, 1.807) is 11.0 Å². The Morgan fingerprint density at radius 2 is 1.86 bits per heavy atom. The molecule has 1 spiro atoms. The van der Waals surface area contributed by atoms with Gasteiger partial charge in [-0.15, -0.1) is 0 Å². The number of esters is 1. The normalized spacial score (nSPS) is 24.9. The molecule has 3 aliphatic heterocycles. The van der Waals surface area contributed by atoms with Crippen molar-refractivity contribution in [2.75, 3.05) is 45.9 Å². The largest absolute Gasteiger partial charge is 0.461 e. The van der Waals surface area contributed by atoms with Gasteiger partial charge in [-0.2, -0.15) is 0 Å². The number of para-hydroxylation sites is 1. The number of fused-ring (bicyclic) bond motifs is 1. The van der Waals surface area contributed by atoms with Gasteiger partial charge in [0, 0.05) is 44.5 Å². The molecule has 7 nitrogen and oxygen atoms in total. The maximum atomic E-state index is 12.9. The van der Waals surface area contributed by atoms with Crippen LogP contribution in [-0.2, 0) is 14.3 Å². The van der Waals surface area contributed by atoms with Crippen molar-refractivity contribution in [1.82, 2.24) is 9.80 Å². The van der Waals surface area contributed by atoms with Crippen LogP contribution in [0.25, 0.3) is 11.0 Å². The Hall–Kier alpha value is -2.38. The van der Waals surface area contributed by atoms with Crippen LogP contribution >= 0.6 is 0 Å². The van der Waals surface area contributed by atoms with Gasteiger partial charge in [0.15, 0.2) is 5.76 Å². The Morgan fingerprint density at radius 1 is 1.10 bits per heavy atom. The second-order valence-electron chi connectivity index (χ2n) is 8.37. The fourth-order valence-corrected chi connectivity index (χ4v) is 4.80. The van der Waals surface area contributed by atoms with Gasteiger partial charge >= 0.3 is 5.97 Å². The summed E-state index contributed by atoms with van der Waals surface area (Å²) in [5.74, 6) is 0.167. The van der Waals surface area contributed by atoms with E-state index in [9.17, 15) is 9.59 Å². The lowest BCUT2D eigenvalue weighted by atomic mass is 9.76. The molecule has 0 radical (unpaired) electrons. The number of furan rings is 1. The van der Waals surface area contributed by atoms with E-state index in [1.165, 1.54) is 0 Å². The van der Waals surface area contributed by atoms with Gasteiger partial charge in [-0.05, 0) is 25.0 Å². The van der Waals surface area contributed by atoms with Crippen LogP contribution in [0.4, 0.5) is 0 Å². The molecule has 2 aromatic rings. The van der Waals surface area contributed by atoms with Crippen LogP contribution in [0.15, 0.2) is 34.7 Å². The number of benzene rings is 1. The average molecular weight is 398 g/mol. The number of hydrogen-bond acceptors (Lipinski definition) is 6. The summed E-state index contributed by atoms with van der Waals surface area (Å²) in [6, 6.07) is 9.41. The van der Waals surface area contributed by atoms with Crippen molar-refractivity contribution >= 4 is 22.8 Å². The van der Waals surface area contributed by atoms with Gasteiger partial charge in [-0.1, -0.05) is 18.2 Å². The minimum atomic E-state index is -0.443. The van der Waals surface area contributed by atoms with Crippen molar-refractivity contribution in [3.63, 3.8) is 0 Å². The lowest BCUT2D eigenvalue weighted by Gasteiger charge is -2.36. The van der Waals surface area contributed by atoms with Gasteiger partial charge in [0.2, 0.25) is 0 Å². The first-order valence-corrected chi connectivity index (χ1v) is 10.4. The Bertz CT molecular complexity index is 876. The fraction of sp³-hybridized carbons (Fsp3) is 0.545. The Labute approximate surface area is 169 Å². The minimum Gasteiger partial charge on any atom is -0.461 e. The molecule has 3 fully saturated rings. The molecule has 7 heteroatoms. The number of piperidine rings is 1. The first kappa shape index (κ1) is 18.6. The monoisotopic (exact) mass is 398 g/mol. The molecule has 0 saturated carbocycles. The second-order valence-corrected chi connectivity index (χ2v) is 8.37. The Kier molecular flexibility index (Phi) is 4.80. The molecule has 1 aromatic carbocycles. The molecule has 1 unspecified atom stereocenters. The summed E-state index contributed by atoms with van der Waals surface area (Å²) in [5, 5.41) is 0.926. The van der Waals surface area contributed by atoms with E-state index in [-0.39, 0.29) is 18.0 Å². The van der Waals surface area contributed by atoms with Gasteiger partial charge in [-0.3, -0.25) is 14.5 Å². The van der Waals surface area contributed by atoms with Crippen LogP contribution in [-0.4, -0.2) is 73.7 Å². The molecule has 154 valence electrons. The SMILES string of the molecule is O=C(c1cc2ccccc2o1)N1CCC2(CC1)CC(CN1CCOCC1)OC2=O. The van der Waals surface area contributed by atoms with Gasteiger partial charge in [0.05, 0.1) is 18.6 Å². The highest BCUT2D eigenvalue weighted by Gasteiger charge is 2.51. The summed E-state index contributed by atoms with van der Waals surface area (Å²) in [4.78, 5) is 29.7. The van der Waals surface area contributed by atoms with E-state index in [0.29, 0.717) is 31.7 Å².